The van der Waals surface area contributed by atoms with Crippen molar-refractivity contribution in [2.45, 2.75) is 46.1 Å². The highest BCUT2D eigenvalue weighted by atomic mass is 16.5. The number of rotatable bonds is 4. The minimum atomic E-state index is -0.284. The van der Waals surface area contributed by atoms with Crippen LogP contribution in [0.25, 0.3) is 0 Å². The van der Waals surface area contributed by atoms with Gasteiger partial charge in [0.15, 0.2) is 0 Å². The zero-order valence-electron chi connectivity index (χ0n) is 11.6. The lowest BCUT2D eigenvalue weighted by atomic mass is 10.00. The van der Waals surface area contributed by atoms with Gasteiger partial charge in [0.25, 0.3) is 0 Å². The van der Waals surface area contributed by atoms with Crippen LogP contribution in [0.5, 0.6) is 0 Å². The molecule has 0 bridgehead atoms. The molecule has 0 radical (unpaired) electrons. The number of nitrogens with one attached hydrogen (secondary N) is 1. The first-order chi connectivity index (χ1) is 7.94. The summed E-state index contributed by atoms with van der Waals surface area (Å²) in [6.07, 6.45) is 2.23. The molecule has 1 aliphatic heterocycles. The predicted octanol–water partition coefficient (Wildman–Crippen LogP) is 2.24. The summed E-state index contributed by atoms with van der Waals surface area (Å²) in [6.45, 7) is 11.2. The molecule has 1 heterocycles. The average molecular weight is 242 g/mol. The van der Waals surface area contributed by atoms with Crippen molar-refractivity contribution in [1.29, 1.82) is 0 Å². The topological polar surface area (TPSA) is 41.6 Å². The number of carbonyl (C=O) groups excluding carboxylic acids is 1. The Kier molecular flexibility index (Phi) is 5.25. The summed E-state index contributed by atoms with van der Waals surface area (Å²) in [6, 6.07) is 0.0460. The molecule has 1 rings (SSSR count). The Labute approximate surface area is 105 Å². The van der Waals surface area contributed by atoms with Gasteiger partial charge in [0.05, 0.1) is 5.60 Å². The van der Waals surface area contributed by atoms with E-state index < -0.39 is 0 Å². The van der Waals surface area contributed by atoms with Gasteiger partial charge in [-0.05, 0) is 39.5 Å². The Morgan fingerprint density at radius 1 is 1.41 bits per heavy atom. The molecule has 0 unspecified atom stereocenters. The normalized spacial score (nSPS) is 18.2. The molecule has 1 fully saturated rings. The molecule has 4 heteroatoms. The predicted molar refractivity (Wildman–Crippen MR) is 69.1 cm³/mol. The summed E-state index contributed by atoms with van der Waals surface area (Å²) in [5, 5.41) is 2.95. The van der Waals surface area contributed by atoms with Crippen LogP contribution in [0.4, 0.5) is 4.79 Å². The van der Waals surface area contributed by atoms with Crippen molar-refractivity contribution in [3.05, 3.63) is 0 Å². The third-order valence-corrected chi connectivity index (χ3v) is 3.27. The lowest BCUT2D eigenvalue weighted by Gasteiger charge is -2.32. The van der Waals surface area contributed by atoms with Crippen molar-refractivity contribution in [3.8, 4) is 0 Å². The lowest BCUT2D eigenvalue weighted by molar-refractivity contribution is -0.00780. The van der Waals surface area contributed by atoms with E-state index in [2.05, 4.69) is 12.2 Å². The fourth-order valence-corrected chi connectivity index (χ4v) is 2.05. The van der Waals surface area contributed by atoms with Crippen molar-refractivity contribution in [2.75, 3.05) is 26.2 Å². The van der Waals surface area contributed by atoms with Crippen molar-refractivity contribution in [3.63, 3.8) is 0 Å². The summed E-state index contributed by atoms with van der Waals surface area (Å²) >= 11 is 0. The molecule has 0 spiro atoms. The molecule has 0 aromatic carbocycles. The van der Waals surface area contributed by atoms with E-state index in [0.717, 1.165) is 31.8 Å². The van der Waals surface area contributed by atoms with E-state index in [1.807, 2.05) is 25.7 Å². The maximum absolute atomic E-state index is 11.9. The van der Waals surface area contributed by atoms with Gasteiger partial charge in [0, 0.05) is 26.2 Å². The highest BCUT2D eigenvalue weighted by Crippen LogP contribution is 2.16. The third-order valence-electron chi connectivity index (χ3n) is 3.27. The van der Waals surface area contributed by atoms with Crippen LogP contribution in [-0.2, 0) is 4.74 Å². The van der Waals surface area contributed by atoms with Crippen LogP contribution in [0.15, 0.2) is 0 Å². The quantitative estimate of drug-likeness (QED) is 0.821. The number of likely N-dealkylation sites (tertiary alicyclic amines) is 1. The number of urea groups is 1. The smallest absolute Gasteiger partial charge is 0.317 e. The fourth-order valence-electron chi connectivity index (χ4n) is 2.05. The summed E-state index contributed by atoms with van der Waals surface area (Å²) in [4.78, 5) is 13.8. The van der Waals surface area contributed by atoms with Crippen molar-refractivity contribution < 1.29 is 9.53 Å². The molecular weight excluding hydrogens is 216 g/mol. The Hall–Kier alpha value is -0.770. The number of amides is 2. The minimum absolute atomic E-state index is 0.0460. The minimum Gasteiger partial charge on any atom is -0.374 e. The molecule has 0 aliphatic carbocycles. The van der Waals surface area contributed by atoms with E-state index in [1.54, 1.807) is 0 Å². The highest BCUT2D eigenvalue weighted by molar-refractivity contribution is 5.74. The Bertz CT molecular complexity index is 246. The molecule has 1 aliphatic rings. The van der Waals surface area contributed by atoms with Gasteiger partial charge in [-0.3, -0.25) is 0 Å². The van der Waals surface area contributed by atoms with Gasteiger partial charge in [-0.2, -0.15) is 0 Å². The maximum atomic E-state index is 11.9. The van der Waals surface area contributed by atoms with E-state index >= 15 is 0 Å². The molecule has 0 aromatic heterocycles. The maximum Gasteiger partial charge on any atom is 0.317 e. The van der Waals surface area contributed by atoms with Gasteiger partial charge >= 0.3 is 6.03 Å². The first-order valence-corrected chi connectivity index (χ1v) is 6.61. The summed E-state index contributed by atoms with van der Waals surface area (Å²) in [5.41, 5.74) is -0.284. The van der Waals surface area contributed by atoms with Gasteiger partial charge < -0.3 is 15.0 Å². The first kappa shape index (κ1) is 14.3. The summed E-state index contributed by atoms with van der Waals surface area (Å²) < 4.78 is 5.55. The van der Waals surface area contributed by atoms with Gasteiger partial charge in [0.2, 0.25) is 0 Å². The van der Waals surface area contributed by atoms with E-state index in [1.165, 1.54) is 0 Å². The molecule has 1 saturated heterocycles. The number of nitrogens with zero attached hydrogens (tertiary/aromatic N) is 1. The summed E-state index contributed by atoms with van der Waals surface area (Å²) in [7, 11) is 0. The Morgan fingerprint density at radius 2 is 2.00 bits per heavy atom. The molecule has 100 valence electrons. The molecule has 17 heavy (non-hydrogen) atoms. The van der Waals surface area contributed by atoms with Crippen molar-refractivity contribution >= 4 is 6.03 Å². The second-order valence-electron chi connectivity index (χ2n) is 5.52. The van der Waals surface area contributed by atoms with Crippen molar-refractivity contribution in [1.82, 2.24) is 10.2 Å². The van der Waals surface area contributed by atoms with Gasteiger partial charge in [0.1, 0.15) is 0 Å². The van der Waals surface area contributed by atoms with E-state index in [-0.39, 0.29) is 11.6 Å². The molecular formula is C13H26N2O2. The number of hydrogen-bond donors (Lipinski definition) is 1. The zero-order chi connectivity index (χ0) is 12.9. The second-order valence-corrected chi connectivity index (χ2v) is 5.52. The SMILES string of the molecule is CCOC(C)(C)CNC(=O)N1CCC(C)CC1. The molecule has 4 nitrogen and oxygen atoms in total. The van der Waals surface area contributed by atoms with E-state index in [9.17, 15) is 4.79 Å². The Balaban J connectivity index is 2.29. The number of ether oxygens (including phenoxy) is 1. The monoisotopic (exact) mass is 242 g/mol. The number of carbonyl (C=O) groups is 1. The van der Waals surface area contributed by atoms with Crippen LogP contribution in [0.2, 0.25) is 0 Å². The second kappa shape index (κ2) is 6.24. The van der Waals surface area contributed by atoms with Crippen LogP contribution >= 0.6 is 0 Å². The van der Waals surface area contributed by atoms with Gasteiger partial charge in [-0.15, -0.1) is 0 Å². The third kappa shape index (κ3) is 4.94. The first-order valence-electron chi connectivity index (χ1n) is 6.61. The van der Waals surface area contributed by atoms with Crippen LogP contribution in [0, 0.1) is 5.92 Å². The summed E-state index contributed by atoms with van der Waals surface area (Å²) in [5.74, 6) is 0.749. The number of hydrogen-bond acceptors (Lipinski definition) is 2. The van der Waals surface area contributed by atoms with Gasteiger partial charge in [-0.25, -0.2) is 4.79 Å². The van der Waals surface area contributed by atoms with E-state index in [0.29, 0.717) is 13.2 Å². The molecule has 0 atom stereocenters. The largest absolute Gasteiger partial charge is 0.374 e. The van der Waals surface area contributed by atoms with Gasteiger partial charge in [-0.1, -0.05) is 6.92 Å². The molecule has 1 N–H and O–H groups in total. The zero-order valence-corrected chi connectivity index (χ0v) is 11.6. The van der Waals surface area contributed by atoms with E-state index in [4.69, 9.17) is 4.74 Å². The van der Waals surface area contributed by atoms with Crippen LogP contribution in [-0.4, -0.2) is 42.8 Å². The average Bonchev–Trinajstić information content (AvgIpc) is 2.27. The molecule has 0 aromatic rings. The highest BCUT2D eigenvalue weighted by Gasteiger charge is 2.23. The van der Waals surface area contributed by atoms with Crippen LogP contribution in [0.1, 0.15) is 40.5 Å². The Morgan fingerprint density at radius 3 is 2.53 bits per heavy atom. The number of piperidine rings is 1. The van der Waals surface area contributed by atoms with Crippen molar-refractivity contribution in [2.24, 2.45) is 5.92 Å². The lowest BCUT2D eigenvalue weighted by Crippen LogP contribution is -2.48. The fraction of sp³-hybridized carbons (Fsp3) is 0.923. The van der Waals surface area contributed by atoms with Crippen LogP contribution < -0.4 is 5.32 Å². The van der Waals surface area contributed by atoms with Crippen LogP contribution in [0.3, 0.4) is 0 Å². The molecule has 0 saturated carbocycles. The molecule has 2 amide bonds. The standard InChI is InChI=1S/C13H26N2O2/c1-5-17-13(3,4)10-14-12(16)15-8-6-11(2)7-9-15/h11H,5-10H2,1-4H3,(H,14,16).